The third-order valence-corrected chi connectivity index (χ3v) is 3.38. The molecule has 106 valence electrons. The number of hydrogen-bond donors (Lipinski definition) is 2. The molecule has 0 aromatic heterocycles. The maximum Gasteiger partial charge on any atom is 0.224 e. The summed E-state index contributed by atoms with van der Waals surface area (Å²) in [6.45, 7) is 10.3. The van der Waals surface area contributed by atoms with Crippen molar-refractivity contribution in [3.8, 4) is 0 Å². The highest BCUT2D eigenvalue weighted by molar-refractivity contribution is 5.79. The van der Waals surface area contributed by atoms with Crippen LogP contribution < -0.4 is 11.1 Å². The van der Waals surface area contributed by atoms with Gasteiger partial charge in [-0.05, 0) is 31.6 Å². The molecule has 1 amide bonds. The van der Waals surface area contributed by atoms with E-state index in [-0.39, 0.29) is 22.8 Å². The highest BCUT2D eigenvalue weighted by atomic mass is 16.5. The molecule has 0 bridgehead atoms. The lowest BCUT2D eigenvalue weighted by Crippen LogP contribution is -2.54. The molecule has 18 heavy (non-hydrogen) atoms. The number of hydrogen-bond acceptors (Lipinski definition) is 3. The minimum absolute atomic E-state index is 0.0698. The average molecular weight is 256 g/mol. The molecule has 0 spiro atoms. The SMILES string of the molecule is CC(C)(C)CC(CN)C(=O)NC1(C)CCCOC1. The number of carbonyl (C=O) groups is 1. The van der Waals surface area contributed by atoms with Crippen molar-refractivity contribution in [1.82, 2.24) is 5.32 Å². The molecule has 2 unspecified atom stereocenters. The molecule has 0 aromatic rings. The van der Waals surface area contributed by atoms with Gasteiger partial charge >= 0.3 is 0 Å². The van der Waals surface area contributed by atoms with Crippen molar-refractivity contribution in [2.45, 2.75) is 52.5 Å². The Labute approximate surface area is 111 Å². The fraction of sp³-hybridized carbons (Fsp3) is 0.929. The summed E-state index contributed by atoms with van der Waals surface area (Å²) in [5.41, 5.74) is 5.63. The van der Waals surface area contributed by atoms with Crippen LogP contribution in [0.1, 0.15) is 47.0 Å². The maximum absolute atomic E-state index is 12.3. The van der Waals surface area contributed by atoms with Gasteiger partial charge in [-0.3, -0.25) is 4.79 Å². The predicted octanol–water partition coefficient (Wildman–Crippen LogP) is 1.68. The largest absolute Gasteiger partial charge is 0.379 e. The van der Waals surface area contributed by atoms with E-state index in [1.165, 1.54) is 0 Å². The lowest BCUT2D eigenvalue weighted by atomic mass is 9.83. The first-order valence-electron chi connectivity index (χ1n) is 6.86. The van der Waals surface area contributed by atoms with Crippen LogP contribution in [-0.2, 0) is 9.53 Å². The van der Waals surface area contributed by atoms with Crippen molar-refractivity contribution in [2.75, 3.05) is 19.8 Å². The van der Waals surface area contributed by atoms with Crippen LogP contribution in [0.3, 0.4) is 0 Å². The normalized spacial score (nSPS) is 26.7. The molecule has 4 heteroatoms. The zero-order valence-corrected chi connectivity index (χ0v) is 12.2. The Morgan fingerprint density at radius 2 is 2.17 bits per heavy atom. The van der Waals surface area contributed by atoms with E-state index in [0.717, 1.165) is 25.9 Å². The van der Waals surface area contributed by atoms with Crippen LogP contribution in [0.2, 0.25) is 0 Å². The van der Waals surface area contributed by atoms with Crippen LogP contribution in [0.4, 0.5) is 0 Å². The van der Waals surface area contributed by atoms with Crippen LogP contribution >= 0.6 is 0 Å². The van der Waals surface area contributed by atoms with Gasteiger partial charge in [-0.15, -0.1) is 0 Å². The van der Waals surface area contributed by atoms with Crippen molar-refractivity contribution < 1.29 is 9.53 Å². The summed E-state index contributed by atoms with van der Waals surface area (Å²) in [5.74, 6) is -0.0378. The Bertz CT molecular complexity index is 278. The van der Waals surface area contributed by atoms with E-state index in [2.05, 4.69) is 33.0 Å². The van der Waals surface area contributed by atoms with Gasteiger partial charge < -0.3 is 15.8 Å². The molecule has 3 N–H and O–H groups in total. The van der Waals surface area contributed by atoms with Crippen molar-refractivity contribution >= 4 is 5.91 Å². The third kappa shape index (κ3) is 4.94. The van der Waals surface area contributed by atoms with Crippen molar-refractivity contribution in [2.24, 2.45) is 17.1 Å². The van der Waals surface area contributed by atoms with Gasteiger partial charge in [0.1, 0.15) is 0 Å². The summed E-state index contributed by atoms with van der Waals surface area (Å²) in [4.78, 5) is 12.3. The summed E-state index contributed by atoms with van der Waals surface area (Å²) < 4.78 is 5.45. The molecule has 0 aliphatic carbocycles. The zero-order chi connectivity index (χ0) is 13.8. The number of nitrogens with one attached hydrogen (secondary N) is 1. The molecule has 0 saturated carbocycles. The summed E-state index contributed by atoms with van der Waals surface area (Å²) in [6.07, 6.45) is 2.79. The van der Waals surface area contributed by atoms with E-state index in [1.807, 2.05) is 0 Å². The number of carbonyl (C=O) groups excluding carboxylic acids is 1. The minimum atomic E-state index is -0.222. The van der Waals surface area contributed by atoms with Gasteiger partial charge in [-0.1, -0.05) is 20.8 Å². The molecular weight excluding hydrogens is 228 g/mol. The fourth-order valence-corrected chi connectivity index (χ4v) is 2.45. The first-order valence-corrected chi connectivity index (χ1v) is 6.86. The monoisotopic (exact) mass is 256 g/mol. The molecule has 1 aliphatic rings. The number of ether oxygens (including phenoxy) is 1. The molecule has 1 rings (SSSR count). The zero-order valence-electron chi connectivity index (χ0n) is 12.2. The van der Waals surface area contributed by atoms with Gasteiger partial charge in [0.25, 0.3) is 0 Å². The van der Waals surface area contributed by atoms with Crippen LogP contribution in [0.25, 0.3) is 0 Å². The number of rotatable bonds is 4. The van der Waals surface area contributed by atoms with Crippen molar-refractivity contribution in [3.63, 3.8) is 0 Å². The molecule has 2 atom stereocenters. The van der Waals surface area contributed by atoms with Crippen molar-refractivity contribution in [3.05, 3.63) is 0 Å². The molecule has 1 saturated heterocycles. The molecule has 4 nitrogen and oxygen atoms in total. The first-order chi connectivity index (χ1) is 8.26. The highest BCUT2D eigenvalue weighted by Gasteiger charge is 2.32. The van der Waals surface area contributed by atoms with Crippen molar-refractivity contribution in [1.29, 1.82) is 0 Å². The van der Waals surface area contributed by atoms with Gasteiger partial charge in [0.05, 0.1) is 18.1 Å². The summed E-state index contributed by atoms with van der Waals surface area (Å²) >= 11 is 0. The predicted molar refractivity (Wildman–Crippen MR) is 73.2 cm³/mol. The smallest absolute Gasteiger partial charge is 0.224 e. The summed E-state index contributed by atoms with van der Waals surface area (Å²) in [5, 5.41) is 3.12. The molecular formula is C14H28N2O2. The van der Waals surface area contributed by atoms with Crippen LogP contribution in [0.5, 0.6) is 0 Å². The quantitative estimate of drug-likeness (QED) is 0.804. The van der Waals surface area contributed by atoms with Gasteiger partial charge in [-0.2, -0.15) is 0 Å². The van der Waals surface area contributed by atoms with Gasteiger partial charge in [0.15, 0.2) is 0 Å². The maximum atomic E-state index is 12.3. The lowest BCUT2D eigenvalue weighted by molar-refractivity contribution is -0.129. The number of nitrogens with two attached hydrogens (primary N) is 1. The van der Waals surface area contributed by atoms with E-state index in [1.54, 1.807) is 0 Å². The Morgan fingerprint density at radius 3 is 2.61 bits per heavy atom. The van der Waals surface area contributed by atoms with E-state index < -0.39 is 0 Å². The van der Waals surface area contributed by atoms with E-state index in [4.69, 9.17) is 10.5 Å². The Hall–Kier alpha value is -0.610. The summed E-state index contributed by atoms with van der Waals surface area (Å²) in [7, 11) is 0. The molecule has 1 aliphatic heterocycles. The minimum Gasteiger partial charge on any atom is -0.379 e. The molecule has 0 radical (unpaired) electrons. The Balaban J connectivity index is 2.56. The van der Waals surface area contributed by atoms with Gasteiger partial charge in [-0.25, -0.2) is 0 Å². The second-order valence-electron chi connectivity index (χ2n) is 6.90. The standard InChI is InChI=1S/C14H28N2O2/c1-13(2,3)8-11(9-15)12(17)16-14(4)6-5-7-18-10-14/h11H,5-10,15H2,1-4H3,(H,16,17). The molecule has 0 aromatic carbocycles. The topological polar surface area (TPSA) is 64.4 Å². The second kappa shape index (κ2) is 6.02. The molecule has 1 fully saturated rings. The fourth-order valence-electron chi connectivity index (χ4n) is 2.45. The van der Waals surface area contributed by atoms with Crippen LogP contribution in [0, 0.1) is 11.3 Å². The van der Waals surface area contributed by atoms with E-state index in [0.29, 0.717) is 13.2 Å². The second-order valence-corrected chi connectivity index (χ2v) is 6.90. The number of amides is 1. The Morgan fingerprint density at radius 1 is 1.50 bits per heavy atom. The van der Waals surface area contributed by atoms with Crippen LogP contribution in [-0.4, -0.2) is 31.2 Å². The third-order valence-electron chi connectivity index (χ3n) is 3.38. The Kier molecular flexibility index (Phi) is 5.17. The van der Waals surface area contributed by atoms with E-state index in [9.17, 15) is 4.79 Å². The van der Waals surface area contributed by atoms with Gasteiger partial charge in [0, 0.05) is 13.2 Å². The van der Waals surface area contributed by atoms with Gasteiger partial charge in [0.2, 0.25) is 5.91 Å². The highest BCUT2D eigenvalue weighted by Crippen LogP contribution is 2.25. The lowest BCUT2D eigenvalue weighted by Gasteiger charge is -2.36. The first kappa shape index (κ1) is 15.4. The summed E-state index contributed by atoms with van der Waals surface area (Å²) in [6, 6.07) is 0. The average Bonchev–Trinajstić information content (AvgIpc) is 2.25. The van der Waals surface area contributed by atoms with Crippen LogP contribution in [0.15, 0.2) is 0 Å². The van der Waals surface area contributed by atoms with E-state index >= 15 is 0 Å². The molecule has 1 heterocycles.